The molecule has 23 heavy (non-hydrogen) atoms. The number of nitrogens with zero attached hydrogens (tertiary/aromatic N) is 2. The van der Waals surface area contributed by atoms with Crippen molar-refractivity contribution in [2.75, 3.05) is 6.54 Å². The lowest BCUT2D eigenvalue weighted by atomic mass is 10.2. The van der Waals surface area contributed by atoms with Crippen LogP contribution in [0.4, 0.5) is 0 Å². The number of amides is 1. The number of halogens is 3. The summed E-state index contributed by atoms with van der Waals surface area (Å²) in [5.74, 6) is 0.341. The maximum Gasteiger partial charge on any atom is 0.254 e. The highest BCUT2D eigenvalue weighted by molar-refractivity contribution is 6.35. The number of carbonyl (C=O) groups excluding carboxylic acids is 1. The second kappa shape index (κ2) is 7.53. The Bertz CT molecular complexity index is 700. The fraction of sp³-hybridized carbons (Fsp3) is 0.333. The molecule has 1 aromatic carbocycles. The lowest BCUT2D eigenvalue weighted by Crippen LogP contribution is -2.41. The Kier molecular flexibility index (Phi) is 5.92. The molecule has 2 aromatic rings. The van der Waals surface area contributed by atoms with Gasteiger partial charge in [-0.2, -0.15) is 5.10 Å². The third-order valence-electron chi connectivity index (χ3n) is 3.76. The van der Waals surface area contributed by atoms with Crippen molar-refractivity contribution in [3.8, 4) is 5.69 Å². The molecule has 124 valence electrons. The van der Waals surface area contributed by atoms with Gasteiger partial charge in [-0.25, -0.2) is 4.68 Å². The first kappa shape index (κ1) is 18.1. The molecule has 0 spiro atoms. The summed E-state index contributed by atoms with van der Waals surface area (Å²) in [5, 5.41) is 8.17. The molecule has 5 nitrogen and oxygen atoms in total. The van der Waals surface area contributed by atoms with E-state index in [4.69, 9.17) is 28.9 Å². The van der Waals surface area contributed by atoms with Gasteiger partial charge < -0.3 is 11.1 Å². The molecule has 8 heteroatoms. The van der Waals surface area contributed by atoms with Gasteiger partial charge in [-0.3, -0.25) is 4.79 Å². The lowest BCUT2D eigenvalue weighted by molar-refractivity contribution is 0.0933. The fourth-order valence-electron chi connectivity index (χ4n) is 2.36. The van der Waals surface area contributed by atoms with Crippen LogP contribution in [0.15, 0.2) is 30.6 Å². The van der Waals surface area contributed by atoms with E-state index in [-0.39, 0.29) is 24.4 Å². The molecule has 0 radical (unpaired) electrons. The van der Waals surface area contributed by atoms with Crippen LogP contribution < -0.4 is 11.1 Å². The monoisotopic (exact) mass is 374 g/mol. The summed E-state index contributed by atoms with van der Waals surface area (Å²) in [6.45, 7) is 0.452. The molecule has 1 aromatic heterocycles. The van der Waals surface area contributed by atoms with Gasteiger partial charge >= 0.3 is 0 Å². The van der Waals surface area contributed by atoms with Crippen molar-refractivity contribution in [1.82, 2.24) is 15.1 Å². The van der Waals surface area contributed by atoms with Crippen molar-refractivity contribution in [1.29, 1.82) is 0 Å². The summed E-state index contributed by atoms with van der Waals surface area (Å²) in [5.41, 5.74) is 6.85. The Morgan fingerprint density at radius 1 is 1.43 bits per heavy atom. The smallest absolute Gasteiger partial charge is 0.254 e. The number of hydrogen-bond donors (Lipinski definition) is 2. The summed E-state index contributed by atoms with van der Waals surface area (Å²) >= 11 is 12.0. The van der Waals surface area contributed by atoms with Crippen molar-refractivity contribution in [2.45, 2.75) is 18.9 Å². The largest absolute Gasteiger partial charge is 0.348 e. The highest BCUT2D eigenvalue weighted by Crippen LogP contribution is 2.32. The van der Waals surface area contributed by atoms with Crippen molar-refractivity contribution in [2.24, 2.45) is 11.7 Å². The van der Waals surface area contributed by atoms with Gasteiger partial charge in [0.2, 0.25) is 0 Å². The molecule has 0 saturated heterocycles. The highest BCUT2D eigenvalue weighted by Gasteiger charge is 2.31. The average Bonchev–Trinajstić information content (AvgIpc) is 3.21. The molecule has 1 saturated carbocycles. The average molecular weight is 376 g/mol. The number of carbonyl (C=O) groups is 1. The first-order chi connectivity index (χ1) is 10.6. The molecule has 3 rings (SSSR count). The second-order valence-corrected chi connectivity index (χ2v) is 6.27. The van der Waals surface area contributed by atoms with Crippen molar-refractivity contribution in [3.05, 3.63) is 46.2 Å². The van der Waals surface area contributed by atoms with E-state index in [0.29, 0.717) is 33.8 Å². The minimum atomic E-state index is -0.168. The van der Waals surface area contributed by atoms with Gasteiger partial charge in [0.05, 0.1) is 22.5 Å². The molecule has 1 atom stereocenters. The van der Waals surface area contributed by atoms with Crippen molar-refractivity contribution in [3.63, 3.8) is 0 Å². The van der Waals surface area contributed by atoms with Gasteiger partial charge in [0.25, 0.3) is 5.91 Å². The molecule has 1 amide bonds. The molecule has 3 N–H and O–H groups in total. The van der Waals surface area contributed by atoms with Crippen LogP contribution in [-0.2, 0) is 0 Å². The van der Waals surface area contributed by atoms with Crippen LogP contribution in [0.1, 0.15) is 23.2 Å². The summed E-state index contributed by atoms with van der Waals surface area (Å²) in [7, 11) is 0. The first-order valence-electron chi connectivity index (χ1n) is 7.09. The molecule has 0 bridgehead atoms. The minimum Gasteiger partial charge on any atom is -0.348 e. The predicted octanol–water partition coefficient (Wildman–Crippen LogP) is 3.07. The second-order valence-electron chi connectivity index (χ2n) is 5.42. The van der Waals surface area contributed by atoms with Gasteiger partial charge in [0, 0.05) is 23.8 Å². The van der Waals surface area contributed by atoms with Crippen LogP contribution in [0.3, 0.4) is 0 Å². The summed E-state index contributed by atoms with van der Waals surface area (Å²) in [4.78, 5) is 12.3. The molecule has 0 aliphatic heterocycles. The van der Waals surface area contributed by atoms with Crippen molar-refractivity contribution < 1.29 is 4.79 Å². The molecular formula is C15H17Cl3N4O. The van der Waals surface area contributed by atoms with Crippen LogP contribution in [0, 0.1) is 5.92 Å². The molecule has 1 aliphatic carbocycles. The van der Waals surface area contributed by atoms with E-state index in [9.17, 15) is 4.79 Å². The Morgan fingerprint density at radius 3 is 2.78 bits per heavy atom. The Hall–Kier alpha value is -1.27. The number of aromatic nitrogens is 2. The van der Waals surface area contributed by atoms with Gasteiger partial charge in [-0.05, 0) is 37.0 Å². The lowest BCUT2D eigenvalue weighted by Gasteiger charge is -2.15. The highest BCUT2D eigenvalue weighted by atomic mass is 35.5. The SMILES string of the molecule is Cl.NCC(NC(=O)c1cnn(-c2ccc(Cl)cc2Cl)c1)C1CC1. The number of nitrogens with one attached hydrogen (secondary N) is 1. The maximum absolute atomic E-state index is 12.3. The van der Waals surface area contributed by atoms with Crippen LogP contribution in [-0.4, -0.2) is 28.3 Å². The Balaban J connectivity index is 0.00000192. The molecule has 1 fully saturated rings. The molecule has 1 aliphatic rings. The predicted molar refractivity (Wildman–Crippen MR) is 93.9 cm³/mol. The van der Waals surface area contributed by atoms with Gasteiger partial charge in [-0.1, -0.05) is 23.2 Å². The Morgan fingerprint density at radius 2 is 2.17 bits per heavy atom. The number of rotatable bonds is 5. The van der Waals surface area contributed by atoms with Crippen LogP contribution in [0.2, 0.25) is 10.0 Å². The van der Waals surface area contributed by atoms with E-state index in [1.807, 2.05) is 0 Å². The number of benzene rings is 1. The van der Waals surface area contributed by atoms with E-state index in [2.05, 4.69) is 10.4 Å². The van der Waals surface area contributed by atoms with E-state index in [1.165, 1.54) is 6.20 Å². The van der Waals surface area contributed by atoms with E-state index in [1.54, 1.807) is 29.1 Å². The maximum atomic E-state index is 12.3. The quantitative estimate of drug-likeness (QED) is 0.843. The normalized spacial score (nSPS) is 14.9. The van der Waals surface area contributed by atoms with Gasteiger partial charge in [0.15, 0.2) is 0 Å². The zero-order valence-corrected chi connectivity index (χ0v) is 14.5. The van der Waals surface area contributed by atoms with E-state index < -0.39 is 0 Å². The van der Waals surface area contributed by atoms with Gasteiger partial charge in [0.1, 0.15) is 0 Å². The van der Waals surface area contributed by atoms with E-state index >= 15 is 0 Å². The number of nitrogens with two attached hydrogens (primary N) is 1. The topological polar surface area (TPSA) is 72.9 Å². The standard InChI is InChI=1S/C15H16Cl2N4O.ClH/c16-11-3-4-14(12(17)5-11)21-8-10(7-19-21)15(22)20-13(6-18)9-1-2-9;/h3-5,7-9,13H,1-2,6,18H2,(H,20,22);1H. The summed E-state index contributed by atoms with van der Waals surface area (Å²) < 4.78 is 1.56. The van der Waals surface area contributed by atoms with Crippen LogP contribution in [0.5, 0.6) is 0 Å². The van der Waals surface area contributed by atoms with Crippen LogP contribution >= 0.6 is 35.6 Å². The zero-order valence-electron chi connectivity index (χ0n) is 12.2. The van der Waals surface area contributed by atoms with Gasteiger partial charge in [-0.15, -0.1) is 12.4 Å². The molecule has 1 unspecified atom stereocenters. The third-order valence-corrected chi connectivity index (χ3v) is 4.30. The first-order valence-corrected chi connectivity index (χ1v) is 7.85. The van der Waals surface area contributed by atoms with Crippen LogP contribution in [0.25, 0.3) is 5.69 Å². The number of hydrogen-bond acceptors (Lipinski definition) is 3. The van der Waals surface area contributed by atoms with E-state index in [0.717, 1.165) is 12.8 Å². The minimum absolute atomic E-state index is 0. The summed E-state index contributed by atoms with van der Waals surface area (Å²) in [6, 6.07) is 5.15. The molecular weight excluding hydrogens is 359 g/mol. The van der Waals surface area contributed by atoms with Crippen molar-refractivity contribution >= 4 is 41.5 Å². The third kappa shape index (κ3) is 4.18. The molecule has 1 heterocycles. The Labute approximate surface area is 150 Å². The fourth-order valence-corrected chi connectivity index (χ4v) is 2.85. The zero-order chi connectivity index (χ0) is 15.7. The summed E-state index contributed by atoms with van der Waals surface area (Å²) in [6.07, 6.45) is 5.41.